The van der Waals surface area contributed by atoms with Gasteiger partial charge in [0.05, 0.1) is 28.4 Å². The van der Waals surface area contributed by atoms with E-state index < -0.39 is 0 Å². The zero-order valence-corrected chi connectivity index (χ0v) is 11.3. The number of aromatic nitrogens is 3. The molecular weight excluding hydrogens is 392 g/mol. The van der Waals surface area contributed by atoms with E-state index >= 15 is 0 Å². The Bertz CT molecular complexity index is 450. The Labute approximate surface area is 104 Å². The van der Waals surface area contributed by atoms with E-state index in [1.807, 2.05) is 6.07 Å². The topological polar surface area (TPSA) is 30.7 Å². The van der Waals surface area contributed by atoms with Crippen molar-refractivity contribution in [3.8, 4) is 0 Å². The molecule has 2 heterocycles. The number of nitrogens with zero attached hydrogens (tertiary/aromatic N) is 3. The Hall–Kier alpha value is 0.0800. The van der Waals surface area contributed by atoms with Gasteiger partial charge in [-0.05, 0) is 28.7 Å². The van der Waals surface area contributed by atoms with Crippen LogP contribution in [0.5, 0.6) is 0 Å². The minimum absolute atomic E-state index is 0.952. The van der Waals surface area contributed by atoms with Gasteiger partial charge in [0, 0.05) is 12.6 Å². The summed E-state index contributed by atoms with van der Waals surface area (Å²) in [5, 5.41) is 0. The van der Waals surface area contributed by atoms with E-state index in [0.717, 1.165) is 27.0 Å². The van der Waals surface area contributed by atoms with E-state index in [0.29, 0.717) is 0 Å². The van der Waals surface area contributed by atoms with Crippen molar-refractivity contribution in [2.24, 2.45) is 0 Å². The summed E-state index contributed by atoms with van der Waals surface area (Å²) in [5.41, 5.74) is 2.16. The molecule has 0 saturated carbocycles. The Morgan fingerprint density at radius 3 is 2.92 bits per heavy atom. The highest BCUT2D eigenvalue weighted by Gasteiger charge is 2.09. The molecule has 2 rings (SSSR count). The molecule has 0 spiro atoms. The molecule has 0 N–H and O–H groups in total. The van der Waals surface area contributed by atoms with Crippen molar-refractivity contribution in [1.82, 2.24) is 12.7 Å². The van der Waals surface area contributed by atoms with Crippen molar-refractivity contribution in [3.63, 3.8) is 0 Å². The molecule has 0 bridgehead atoms. The Kier molecular flexibility index (Phi) is 2.72. The van der Waals surface area contributed by atoms with Crippen molar-refractivity contribution in [3.05, 3.63) is 21.8 Å². The summed E-state index contributed by atoms with van der Waals surface area (Å²) in [6.07, 6.45) is 2.75. The third-order valence-corrected chi connectivity index (χ3v) is 3.68. The van der Waals surface area contributed by atoms with Crippen LogP contribution in [-0.2, 0) is 6.42 Å². The van der Waals surface area contributed by atoms with E-state index in [1.165, 1.54) is 0 Å². The lowest BCUT2D eigenvalue weighted by molar-refractivity contribution is 0.988. The summed E-state index contributed by atoms with van der Waals surface area (Å²) in [7, 11) is 0. The summed E-state index contributed by atoms with van der Waals surface area (Å²) < 4.78 is 3.10. The molecule has 0 unspecified atom stereocenters. The van der Waals surface area contributed by atoms with Crippen LogP contribution in [0.3, 0.4) is 0 Å². The number of halogens is 2. The van der Waals surface area contributed by atoms with Crippen LogP contribution < -0.4 is 0 Å². The molecule has 0 aliphatic heterocycles. The van der Waals surface area contributed by atoms with Crippen LogP contribution in [0.25, 0.3) is 11.0 Å². The van der Waals surface area contributed by atoms with Crippen LogP contribution in [-0.4, -0.2) is 12.7 Å². The molecule has 0 radical (unpaired) electrons. The van der Waals surface area contributed by atoms with Crippen molar-refractivity contribution in [1.29, 1.82) is 0 Å². The van der Waals surface area contributed by atoms with Gasteiger partial charge in [-0.3, -0.25) is 2.78 Å². The standard InChI is InChI=1S/C8H7I2N3/c1-2-6-12-5-3-4-11-8(9)7(5)13(6)10/h3-4H,2H2,1H3. The zero-order chi connectivity index (χ0) is 9.42. The quantitative estimate of drug-likeness (QED) is 0.546. The second kappa shape index (κ2) is 3.68. The number of aryl methyl sites for hydroxylation is 1. The Balaban J connectivity index is 2.85. The molecule has 0 aromatic carbocycles. The molecule has 5 heteroatoms. The first-order valence-corrected chi connectivity index (χ1v) is 5.96. The predicted octanol–water partition coefficient (Wildman–Crippen LogP) is 2.80. The van der Waals surface area contributed by atoms with Crippen molar-refractivity contribution >= 4 is 56.5 Å². The average Bonchev–Trinajstić information content (AvgIpc) is 2.44. The molecule has 0 saturated heterocycles. The van der Waals surface area contributed by atoms with Crippen LogP contribution in [0.2, 0.25) is 0 Å². The predicted molar refractivity (Wildman–Crippen MR) is 69.0 cm³/mol. The maximum atomic E-state index is 4.50. The average molecular weight is 399 g/mol. The van der Waals surface area contributed by atoms with E-state index in [-0.39, 0.29) is 0 Å². The normalized spacial score (nSPS) is 11.0. The number of imidazole rings is 1. The SMILES string of the molecule is CCc1nc2ccnc(I)c2n1I. The van der Waals surface area contributed by atoms with Gasteiger partial charge in [0.2, 0.25) is 0 Å². The third-order valence-electron chi connectivity index (χ3n) is 1.85. The molecule has 3 nitrogen and oxygen atoms in total. The van der Waals surface area contributed by atoms with E-state index in [1.54, 1.807) is 6.20 Å². The van der Waals surface area contributed by atoms with Crippen molar-refractivity contribution in [2.45, 2.75) is 13.3 Å². The Morgan fingerprint density at radius 1 is 1.54 bits per heavy atom. The van der Waals surface area contributed by atoms with Gasteiger partial charge >= 0.3 is 0 Å². The van der Waals surface area contributed by atoms with Gasteiger partial charge in [0.25, 0.3) is 0 Å². The molecule has 0 amide bonds. The first kappa shape index (κ1) is 9.63. The number of fused-ring (bicyclic) bond motifs is 1. The van der Waals surface area contributed by atoms with Crippen LogP contribution in [0, 0.1) is 3.70 Å². The first-order chi connectivity index (χ1) is 6.24. The van der Waals surface area contributed by atoms with Crippen LogP contribution >= 0.6 is 45.5 Å². The van der Waals surface area contributed by atoms with Gasteiger partial charge in [0.15, 0.2) is 0 Å². The molecule has 2 aromatic heterocycles. The molecule has 13 heavy (non-hydrogen) atoms. The molecule has 0 aliphatic carbocycles. The number of hydrogen-bond donors (Lipinski definition) is 0. The molecule has 0 atom stereocenters. The van der Waals surface area contributed by atoms with Crippen molar-refractivity contribution in [2.75, 3.05) is 0 Å². The van der Waals surface area contributed by atoms with Crippen LogP contribution in [0.1, 0.15) is 12.7 Å². The maximum Gasteiger partial charge on any atom is 0.127 e. The summed E-state index contributed by atoms with van der Waals surface area (Å²) in [4.78, 5) is 8.74. The monoisotopic (exact) mass is 399 g/mol. The fourth-order valence-electron chi connectivity index (χ4n) is 1.22. The lowest BCUT2D eigenvalue weighted by atomic mass is 10.4. The third kappa shape index (κ3) is 1.56. The zero-order valence-electron chi connectivity index (χ0n) is 6.96. The minimum Gasteiger partial charge on any atom is -0.265 e. The fourth-order valence-corrected chi connectivity index (χ4v) is 3.29. The molecule has 2 aromatic rings. The highest BCUT2D eigenvalue weighted by Crippen LogP contribution is 2.22. The van der Waals surface area contributed by atoms with Gasteiger partial charge in [-0.15, -0.1) is 0 Å². The summed E-state index contributed by atoms with van der Waals surface area (Å²) in [6, 6.07) is 1.95. The Morgan fingerprint density at radius 2 is 2.31 bits per heavy atom. The molecular formula is C8H7I2N3. The summed E-state index contributed by atoms with van der Waals surface area (Å²) in [6.45, 7) is 2.11. The minimum atomic E-state index is 0.952. The van der Waals surface area contributed by atoms with Gasteiger partial charge in [-0.25, -0.2) is 9.97 Å². The number of rotatable bonds is 1. The van der Waals surface area contributed by atoms with Crippen LogP contribution in [0.4, 0.5) is 0 Å². The maximum absolute atomic E-state index is 4.50. The molecule has 0 aliphatic rings. The number of hydrogen-bond acceptors (Lipinski definition) is 2. The lowest BCUT2D eigenvalue weighted by Gasteiger charge is -1.96. The van der Waals surface area contributed by atoms with Gasteiger partial charge in [-0.2, -0.15) is 0 Å². The van der Waals surface area contributed by atoms with E-state index in [4.69, 9.17) is 0 Å². The molecule has 0 fully saturated rings. The summed E-state index contributed by atoms with van der Waals surface area (Å²) >= 11 is 4.51. The van der Waals surface area contributed by atoms with Crippen molar-refractivity contribution < 1.29 is 0 Å². The van der Waals surface area contributed by atoms with Gasteiger partial charge < -0.3 is 0 Å². The highest BCUT2D eigenvalue weighted by atomic mass is 127. The first-order valence-electron chi connectivity index (χ1n) is 3.92. The largest absolute Gasteiger partial charge is 0.265 e. The van der Waals surface area contributed by atoms with Gasteiger partial charge in [-0.1, -0.05) is 6.92 Å². The molecule has 68 valence electrons. The summed E-state index contributed by atoms with van der Waals surface area (Å²) in [5.74, 6) is 1.10. The highest BCUT2D eigenvalue weighted by molar-refractivity contribution is 14.1. The van der Waals surface area contributed by atoms with E-state index in [9.17, 15) is 0 Å². The number of pyridine rings is 1. The van der Waals surface area contributed by atoms with Crippen LogP contribution in [0.15, 0.2) is 12.3 Å². The smallest absolute Gasteiger partial charge is 0.127 e. The fraction of sp³-hybridized carbons (Fsp3) is 0.250. The van der Waals surface area contributed by atoms with Gasteiger partial charge in [0.1, 0.15) is 15.0 Å². The second-order valence-corrected chi connectivity index (χ2v) is 4.62. The second-order valence-electron chi connectivity index (χ2n) is 2.63. The lowest BCUT2D eigenvalue weighted by Crippen LogP contribution is -1.90. The van der Waals surface area contributed by atoms with E-state index in [2.05, 4.69) is 65.1 Å².